The van der Waals surface area contributed by atoms with E-state index in [9.17, 15) is 0 Å². The molecule has 0 saturated heterocycles. The van der Waals surface area contributed by atoms with E-state index in [1.165, 1.54) is 9.13 Å². The largest absolute Gasteiger partial charge is 0.492 e. The van der Waals surface area contributed by atoms with Gasteiger partial charge in [0.25, 0.3) is 0 Å². The summed E-state index contributed by atoms with van der Waals surface area (Å²) in [6, 6.07) is 6.19. The van der Waals surface area contributed by atoms with E-state index in [2.05, 4.69) is 53.5 Å². The summed E-state index contributed by atoms with van der Waals surface area (Å²) in [7, 11) is 0. The molecule has 0 radical (unpaired) electrons. The maximum atomic E-state index is 5.64. The topological polar surface area (TPSA) is 21.3 Å². The molecule has 90 valence electrons. The second-order valence-electron chi connectivity index (χ2n) is 3.25. The van der Waals surface area contributed by atoms with E-state index >= 15 is 0 Å². The Labute approximate surface area is 117 Å². The Hall–Kier alpha value is -0.260. The van der Waals surface area contributed by atoms with Gasteiger partial charge in [0.05, 0.1) is 0 Å². The zero-order chi connectivity index (χ0) is 11.1. The van der Waals surface area contributed by atoms with Gasteiger partial charge in [-0.25, -0.2) is 0 Å². The lowest BCUT2D eigenvalue weighted by atomic mass is 10.2. The minimum Gasteiger partial charge on any atom is -0.492 e. The summed E-state index contributed by atoms with van der Waals surface area (Å²) in [5.41, 5.74) is 1.19. The summed E-state index contributed by atoms with van der Waals surface area (Å²) >= 11 is 2.30. The highest BCUT2D eigenvalue weighted by molar-refractivity contribution is 14.1. The van der Waals surface area contributed by atoms with Gasteiger partial charge >= 0.3 is 0 Å². The molecular weight excluding hydrogens is 336 g/mol. The normalized spacial score (nSPS) is 9.38. The van der Waals surface area contributed by atoms with Crippen molar-refractivity contribution in [2.45, 2.75) is 6.92 Å². The molecule has 0 amide bonds. The number of ether oxygens (including phenoxy) is 1. The van der Waals surface area contributed by atoms with Crippen LogP contribution in [-0.4, -0.2) is 19.7 Å². The van der Waals surface area contributed by atoms with Crippen molar-refractivity contribution in [3.63, 3.8) is 0 Å². The standard InChI is InChI=1S/C12H16INO.ClH/c1-3-6-14-7-8-15-12-5-4-11(13)9-10(12)2;/h3-5,9,14H,1,6-8H2,2H3;1H. The van der Waals surface area contributed by atoms with Gasteiger partial charge in [-0.3, -0.25) is 0 Å². The molecule has 0 aliphatic carbocycles. The highest BCUT2D eigenvalue weighted by atomic mass is 127. The third kappa shape index (κ3) is 5.72. The van der Waals surface area contributed by atoms with Crippen molar-refractivity contribution in [3.8, 4) is 5.75 Å². The average molecular weight is 354 g/mol. The van der Waals surface area contributed by atoms with Crippen LogP contribution >= 0.6 is 35.0 Å². The molecule has 0 aromatic heterocycles. The third-order valence-electron chi connectivity index (χ3n) is 1.96. The Morgan fingerprint density at radius 2 is 2.25 bits per heavy atom. The molecule has 1 rings (SSSR count). The smallest absolute Gasteiger partial charge is 0.122 e. The van der Waals surface area contributed by atoms with Crippen molar-refractivity contribution < 1.29 is 4.74 Å². The van der Waals surface area contributed by atoms with Crippen molar-refractivity contribution in [1.29, 1.82) is 0 Å². The second kappa shape index (κ2) is 8.84. The van der Waals surface area contributed by atoms with E-state index in [0.717, 1.165) is 18.8 Å². The number of benzene rings is 1. The fourth-order valence-electron chi connectivity index (χ4n) is 1.21. The van der Waals surface area contributed by atoms with E-state index in [-0.39, 0.29) is 12.4 Å². The Bertz CT molecular complexity index is 331. The van der Waals surface area contributed by atoms with Gasteiger partial charge in [0.2, 0.25) is 0 Å². The molecule has 0 aliphatic heterocycles. The summed E-state index contributed by atoms with van der Waals surface area (Å²) < 4.78 is 6.88. The van der Waals surface area contributed by atoms with Crippen LogP contribution in [0.25, 0.3) is 0 Å². The molecule has 0 heterocycles. The predicted molar refractivity (Wildman–Crippen MR) is 79.7 cm³/mol. The van der Waals surface area contributed by atoms with Crippen LogP contribution in [0.3, 0.4) is 0 Å². The number of nitrogens with one attached hydrogen (secondary N) is 1. The molecule has 0 fully saturated rings. The van der Waals surface area contributed by atoms with Crippen molar-refractivity contribution in [3.05, 3.63) is 40.0 Å². The summed E-state index contributed by atoms with van der Waals surface area (Å²) in [4.78, 5) is 0. The first-order valence-electron chi connectivity index (χ1n) is 4.94. The van der Waals surface area contributed by atoms with Gasteiger partial charge in [-0.2, -0.15) is 0 Å². The number of aryl methyl sites for hydroxylation is 1. The minimum atomic E-state index is 0. The van der Waals surface area contributed by atoms with Crippen LogP contribution in [0.5, 0.6) is 5.75 Å². The molecule has 1 aromatic rings. The molecule has 0 spiro atoms. The van der Waals surface area contributed by atoms with Gasteiger partial charge in [-0.1, -0.05) is 6.08 Å². The first-order chi connectivity index (χ1) is 7.24. The highest BCUT2D eigenvalue weighted by Crippen LogP contribution is 2.19. The molecule has 0 aliphatic rings. The van der Waals surface area contributed by atoms with Crippen LogP contribution < -0.4 is 10.1 Å². The minimum absolute atomic E-state index is 0. The molecule has 2 nitrogen and oxygen atoms in total. The number of hydrogen-bond donors (Lipinski definition) is 1. The number of halogens is 2. The fourth-order valence-corrected chi connectivity index (χ4v) is 1.86. The quantitative estimate of drug-likeness (QED) is 0.482. The SMILES string of the molecule is C=CCNCCOc1ccc(I)cc1C.Cl. The zero-order valence-electron chi connectivity index (χ0n) is 9.33. The van der Waals surface area contributed by atoms with Crippen molar-refractivity contribution >= 4 is 35.0 Å². The zero-order valence-corrected chi connectivity index (χ0v) is 12.3. The maximum Gasteiger partial charge on any atom is 0.122 e. The first kappa shape index (κ1) is 15.7. The van der Waals surface area contributed by atoms with Crippen LogP contribution in [0.4, 0.5) is 0 Å². The molecule has 0 atom stereocenters. The highest BCUT2D eigenvalue weighted by Gasteiger charge is 1.98. The summed E-state index contributed by atoms with van der Waals surface area (Å²) in [6.07, 6.45) is 1.84. The van der Waals surface area contributed by atoms with E-state index in [0.29, 0.717) is 6.61 Å². The van der Waals surface area contributed by atoms with Gasteiger partial charge in [-0.05, 0) is 53.3 Å². The molecular formula is C12H17ClINO. The Balaban J connectivity index is 0.00000225. The monoisotopic (exact) mass is 353 g/mol. The van der Waals surface area contributed by atoms with Crippen molar-refractivity contribution in [2.75, 3.05) is 19.7 Å². The molecule has 1 N–H and O–H groups in total. The van der Waals surface area contributed by atoms with Crippen LogP contribution in [0.2, 0.25) is 0 Å². The van der Waals surface area contributed by atoms with Crippen molar-refractivity contribution in [1.82, 2.24) is 5.32 Å². The van der Waals surface area contributed by atoms with Gasteiger partial charge in [0, 0.05) is 16.7 Å². The maximum absolute atomic E-state index is 5.64. The van der Waals surface area contributed by atoms with E-state index in [1.54, 1.807) is 0 Å². The van der Waals surface area contributed by atoms with E-state index in [4.69, 9.17) is 4.74 Å². The molecule has 16 heavy (non-hydrogen) atoms. The Morgan fingerprint density at radius 3 is 2.88 bits per heavy atom. The lowest BCUT2D eigenvalue weighted by Gasteiger charge is -2.09. The summed E-state index contributed by atoms with van der Waals surface area (Å²) in [6.45, 7) is 8.06. The molecule has 1 aromatic carbocycles. The molecule has 0 bridgehead atoms. The van der Waals surface area contributed by atoms with E-state index < -0.39 is 0 Å². The van der Waals surface area contributed by atoms with Gasteiger partial charge < -0.3 is 10.1 Å². The lowest BCUT2D eigenvalue weighted by molar-refractivity contribution is 0.314. The Kier molecular flexibility index (Phi) is 8.70. The van der Waals surface area contributed by atoms with Gasteiger partial charge in [0.15, 0.2) is 0 Å². The van der Waals surface area contributed by atoms with Crippen LogP contribution in [0, 0.1) is 10.5 Å². The van der Waals surface area contributed by atoms with Crippen molar-refractivity contribution in [2.24, 2.45) is 0 Å². The lowest BCUT2D eigenvalue weighted by Crippen LogP contribution is -2.20. The first-order valence-corrected chi connectivity index (χ1v) is 6.02. The van der Waals surface area contributed by atoms with E-state index in [1.807, 2.05) is 12.1 Å². The van der Waals surface area contributed by atoms with Gasteiger partial charge in [-0.15, -0.1) is 19.0 Å². The summed E-state index contributed by atoms with van der Waals surface area (Å²) in [5, 5.41) is 3.19. The molecule has 4 heteroatoms. The van der Waals surface area contributed by atoms with Crippen LogP contribution in [0.15, 0.2) is 30.9 Å². The number of hydrogen-bond acceptors (Lipinski definition) is 2. The van der Waals surface area contributed by atoms with Crippen LogP contribution in [-0.2, 0) is 0 Å². The Morgan fingerprint density at radius 1 is 1.50 bits per heavy atom. The fraction of sp³-hybridized carbons (Fsp3) is 0.333. The number of rotatable bonds is 6. The molecule has 0 unspecified atom stereocenters. The third-order valence-corrected chi connectivity index (χ3v) is 2.63. The predicted octanol–water partition coefficient (Wildman–Crippen LogP) is 3.18. The summed E-state index contributed by atoms with van der Waals surface area (Å²) in [5.74, 6) is 0.968. The average Bonchev–Trinajstić information content (AvgIpc) is 2.20. The van der Waals surface area contributed by atoms with Crippen LogP contribution in [0.1, 0.15) is 5.56 Å². The second-order valence-corrected chi connectivity index (χ2v) is 4.50. The van der Waals surface area contributed by atoms with Gasteiger partial charge in [0.1, 0.15) is 12.4 Å². The molecule has 0 saturated carbocycles.